The summed E-state index contributed by atoms with van der Waals surface area (Å²) in [5.41, 5.74) is 3.50. The molecule has 1 heterocycles. The van der Waals surface area contributed by atoms with Gasteiger partial charge in [0.15, 0.2) is 6.29 Å². The maximum atomic E-state index is 10.7. The molecule has 0 aliphatic carbocycles. The summed E-state index contributed by atoms with van der Waals surface area (Å²) >= 11 is 6.01. The first-order valence-corrected chi connectivity index (χ1v) is 5.82. The molecule has 0 spiro atoms. The number of carbonyl (C=O) groups is 1. The lowest BCUT2D eigenvalue weighted by atomic mass is 10.1. The maximum Gasteiger partial charge on any atom is 0.151 e. The number of carbonyl (C=O) groups excluding carboxylic acids is 1. The largest absolute Gasteiger partial charge is 0.298 e. The molecule has 0 fully saturated rings. The Labute approximate surface area is 105 Å². The van der Waals surface area contributed by atoms with Gasteiger partial charge in [-0.3, -0.25) is 9.48 Å². The molecule has 4 heteroatoms. The van der Waals surface area contributed by atoms with Gasteiger partial charge >= 0.3 is 0 Å². The van der Waals surface area contributed by atoms with Crippen LogP contribution in [0.15, 0.2) is 24.4 Å². The van der Waals surface area contributed by atoms with E-state index in [1.54, 1.807) is 12.1 Å². The summed E-state index contributed by atoms with van der Waals surface area (Å²) in [5, 5.41) is 4.86. The van der Waals surface area contributed by atoms with Gasteiger partial charge in [-0.1, -0.05) is 17.7 Å². The fraction of sp³-hybridized carbons (Fsp3) is 0.231. The van der Waals surface area contributed by atoms with E-state index in [2.05, 4.69) is 5.10 Å². The van der Waals surface area contributed by atoms with E-state index in [-0.39, 0.29) is 0 Å². The van der Waals surface area contributed by atoms with Gasteiger partial charge in [0.05, 0.1) is 10.7 Å². The van der Waals surface area contributed by atoms with Crippen LogP contribution in [-0.2, 0) is 6.54 Å². The number of halogens is 1. The Balaban J connectivity index is 2.49. The van der Waals surface area contributed by atoms with Gasteiger partial charge in [-0.2, -0.15) is 5.10 Å². The van der Waals surface area contributed by atoms with E-state index in [4.69, 9.17) is 11.6 Å². The molecule has 0 N–H and O–H groups in total. The maximum absolute atomic E-state index is 10.7. The third-order valence-electron chi connectivity index (χ3n) is 2.71. The van der Waals surface area contributed by atoms with Gasteiger partial charge in [-0.15, -0.1) is 0 Å². The highest BCUT2D eigenvalue weighted by molar-refractivity contribution is 6.33. The fourth-order valence-corrected chi connectivity index (χ4v) is 1.98. The van der Waals surface area contributed by atoms with Crippen LogP contribution in [0.5, 0.6) is 0 Å². The van der Waals surface area contributed by atoms with Gasteiger partial charge in [-0.25, -0.2) is 0 Å². The van der Waals surface area contributed by atoms with E-state index >= 15 is 0 Å². The Hall–Kier alpha value is -1.61. The highest BCUT2D eigenvalue weighted by Gasteiger charge is 2.08. The number of benzene rings is 1. The molecule has 0 unspecified atom stereocenters. The van der Waals surface area contributed by atoms with Crippen molar-refractivity contribution in [3.63, 3.8) is 0 Å². The molecule has 2 rings (SSSR count). The van der Waals surface area contributed by atoms with E-state index in [0.717, 1.165) is 29.7 Å². The molecule has 17 heavy (non-hydrogen) atoms. The summed E-state index contributed by atoms with van der Waals surface area (Å²) in [6, 6.07) is 5.42. The Morgan fingerprint density at radius 3 is 2.76 bits per heavy atom. The second kappa shape index (κ2) is 4.72. The van der Waals surface area contributed by atoms with Crippen molar-refractivity contribution < 1.29 is 4.79 Å². The first-order chi connectivity index (χ1) is 8.15. The zero-order chi connectivity index (χ0) is 12.4. The Kier molecular flexibility index (Phi) is 3.29. The first-order valence-electron chi connectivity index (χ1n) is 5.45. The van der Waals surface area contributed by atoms with Gasteiger partial charge in [-0.05, 0) is 31.5 Å². The van der Waals surface area contributed by atoms with Crippen molar-refractivity contribution in [2.45, 2.75) is 20.4 Å². The average molecular weight is 249 g/mol. The lowest BCUT2D eigenvalue weighted by Crippen LogP contribution is -1.93. The summed E-state index contributed by atoms with van der Waals surface area (Å²) in [6.45, 7) is 4.84. The van der Waals surface area contributed by atoms with Crippen LogP contribution in [0.2, 0.25) is 5.02 Å². The molecule has 88 valence electrons. The van der Waals surface area contributed by atoms with Gasteiger partial charge in [0.2, 0.25) is 0 Å². The van der Waals surface area contributed by atoms with Crippen molar-refractivity contribution in [3.8, 4) is 11.1 Å². The molecular weight excluding hydrogens is 236 g/mol. The van der Waals surface area contributed by atoms with E-state index in [0.29, 0.717) is 10.6 Å². The van der Waals surface area contributed by atoms with Crippen LogP contribution in [0.1, 0.15) is 23.0 Å². The molecule has 0 saturated carbocycles. The molecule has 0 atom stereocenters. The molecule has 1 aromatic carbocycles. The van der Waals surface area contributed by atoms with Crippen LogP contribution < -0.4 is 0 Å². The van der Waals surface area contributed by atoms with Gasteiger partial charge < -0.3 is 0 Å². The summed E-state index contributed by atoms with van der Waals surface area (Å²) < 4.78 is 1.88. The number of aromatic nitrogens is 2. The van der Waals surface area contributed by atoms with Crippen molar-refractivity contribution in [1.29, 1.82) is 0 Å². The number of nitrogens with zero attached hydrogens (tertiary/aromatic N) is 2. The highest BCUT2D eigenvalue weighted by Crippen LogP contribution is 2.26. The number of aryl methyl sites for hydroxylation is 2. The molecule has 0 bridgehead atoms. The van der Waals surface area contributed by atoms with Crippen molar-refractivity contribution >= 4 is 17.9 Å². The predicted molar refractivity (Wildman–Crippen MR) is 68.5 cm³/mol. The highest BCUT2D eigenvalue weighted by atomic mass is 35.5. The quantitative estimate of drug-likeness (QED) is 0.781. The van der Waals surface area contributed by atoms with Crippen LogP contribution in [0.3, 0.4) is 0 Å². The number of rotatable bonds is 3. The number of aldehydes is 1. The van der Waals surface area contributed by atoms with E-state index in [1.807, 2.05) is 30.8 Å². The Morgan fingerprint density at radius 1 is 1.47 bits per heavy atom. The van der Waals surface area contributed by atoms with Crippen LogP contribution in [0.4, 0.5) is 0 Å². The van der Waals surface area contributed by atoms with Crippen molar-refractivity contribution in [3.05, 3.63) is 40.7 Å². The molecule has 0 aliphatic heterocycles. The minimum atomic E-state index is 0.473. The van der Waals surface area contributed by atoms with Crippen molar-refractivity contribution in [2.75, 3.05) is 0 Å². The third kappa shape index (κ3) is 2.24. The zero-order valence-corrected chi connectivity index (χ0v) is 10.5. The predicted octanol–water partition coefficient (Wildman–Crippen LogP) is 3.34. The van der Waals surface area contributed by atoms with E-state index in [9.17, 15) is 4.79 Å². The standard InChI is InChI=1S/C13H13ClN2O/c1-3-16-7-12(9(2)15-16)10-4-5-11(8-17)13(14)6-10/h4-8H,3H2,1-2H3. The van der Waals surface area contributed by atoms with Crippen molar-refractivity contribution in [1.82, 2.24) is 9.78 Å². The molecule has 0 amide bonds. The fourth-order valence-electron chi connectivity index (χ4n) is 1.75. The lowest BCUT2D eigenvalue weighted by molar-refractivity contribution is 0.112. The Bertz CT molecular complexity index is 561. The molecule has 0 aliphatic rings. The smallest absolute Gasteiger partial charge is 0.151 e. The normalized spacial score (nSPS) is 10.5. The summed E-state index contributed by atoms with van der Waals surface area (Å²) in [6.07, 6.45) is 2.75. The summed E-state index contributed by atoms with van der Waals surface area (Å²) in [4.78, 5) is 10.7. The van der Waals surface area contributed by atoms with Gasteiger partial charge in [0, 0.05) is 23.9 Å². The summed E-state index contributed by atoms with van der Waals surface area (Å²) in [7, 11) is 0. The summed E-state index contributed by atoms with van der Waals surface area (Å²) in [5.74, 6) is 0. The van der Waals surface area contributed by atoms with Crippen LogP contribution in [0.25, 0.3) is 11.1 Å². The Morgan fingerprint density at radius 2 is 2.24 bits per heavy atom. The zero-order valence-electron chi connectivity index (χ0n) is 9.77. The lowest BCUT2D eigenvalue weighted by Gasteiger charge is -2.01. The monoisotopic (exact) mass is 248 g/mol. The number of hydrogen-bond donors (Lipinski definition) is 0. The van der Waals surface area contributed by atoms with Crippen LogP contribution in [-0.4, -0.2) is 16.1 Å². The van der Waals surface area contributed by atoms with Crippen LogP contribution >= 0.6 is 11.6 Å². The van der Waals surface area contributed by atoms with E-state index in [1.165, 1.54) is 0 Å². The van der Waals surface area contributed by atoms with Crippen molar-refractivity contribution in [2.24, 2.45) is 0 Å². The molecule has 3 nitrogen and oxygen atoms in total. The topological polar surface area (TPSA) is 34.9 Å². The molecule has 2 aromatic rings. The second-order valence-corrected chi connectivity index (χ2v) is 4.25. The average Bonchev–Trinajstić information content (AvgIpc) is 2.70. The molecular formula is C13H13ClN2O. The molecule has 0 radical (unpaired) electrons. The van der Waals surface area contributed by atoms with Crippen LogP contribution in [0, 0.1) is 6.92 Å². The minimum absolute atomic E-state index is 0.473. The molecule has 1 aromatic heterocycles. The minimum Gasteiger partial charge on any atom is -0.298 e. The SMILES string of the molecule is CCn1cc(-c2ccc(C=O)c(Cl)c2)c(C)n1. The van der Waals surface area contributed by atoms with E-state index < -0.39 is 0 Å². The second-order valence-electron chi connectivity index (χ2n) is 3.84. The first kappa shape index (κ1) is 11.9. The van der Waals surface area contributed by atoms with Gasteiger partial charge in [0.1, 0.15) is 0 Å². The molecule has 0 saturated heterocycles. The third-order valence-corrected chi connectivity index (χ3v) is 3.04. The van der Waals surface area contributed by atoms with Gasteiger partial charge in [0.25, 0.3) is 0 Å². The number of hydrogen-bond acceptors (Lipinski definition) is 2.